The van der Waals surface area contributed by atoms with Gasteiger partial charge < -0.3 is 14.9 Å². The molecule has 0 spiro atoms. The first-order valence-corrected chi connectivity index (χ1v) is 9.16. The highest BCUT2D eigenvalue weighted by Crippen LogP contribution is 2.27. The van der Waals surface area contributed by atoms with Crippen LogP contribution in [0.25, 0.3) is 0 Å². The Morgan fingerprint density at radius 1 is 1.12 bits per heavy atom. The van der Waals surface area contributed by atoms with E-state index in [1.165, 1.54) is 19.3 Å². The Kier molecular flexibility index (Phi) is 5.61. The van der Waals surface area contributed by atoms with Gasteiger partial charge in [-0.3, -0.25) is 9.69 Å². The Morgan fingerprint density at radius 2 is 1.79 bits per heavy atom. The molecule has 0 atom stereocenters. The van der Waals surface area contributed by atoms with E-state index in [0.717, 1.165) is 44.7 Å². The van der Waals surface area contributed by atoms with Gasteiger partial charge in [-0.2, -0.15) is 0 Å². The summed E-state index contributed by atoms with van der Waals surface area (Å²) in [6, 6.07) is 7.91. The second-order valence-electron chi connectivity index (χ2n) is 7.05. The number of phenols is 1. The number of carbonyl (C=O) groups excluding carboxylic acids is 1. The largest absolute Gasteiger partial charge is 0.506 e. The molecule has 1 heterocycles. The van der Waals surface area contributed by atoms with E-state index in [-0.39, 0.29) is 5.91 Å². The molecule has 2 aliphatic rings. The summed E-state index contributed by atoms with van der Waals surface area (Å²) in [4.78, 5) is 19.0. The van der Waals surface area contributed by atoms with E-state index in [9.17, 15) is 9.90 Å². The predicted molar refractivity (Wildman–Crippen MR) is 96.4 cm³/mol. The fourth-order valence-corrected chi connectivity index (χ4v) is 3.85. The topological polar surface area (TPSA) is 47.0 Å². The first-order valence-electron chi connectivity index (χ1n) is 9.16. The molecule has 1 aliphatic heterocycles. The summed E-state index contributed by atoms with van der Waals surface area (Å²) in [7, 11) is 1.97. The number of piperazine rings is 1. The molecule has 1 N–H and O–H groups in total. The minimum Gasteiger partial charge on any atom is -0.506 e. The van der Waals surface area contributed by atoms with Gasteiger partial charge in [-0.15, -0.1) is 0 Å². The van der Waals surface area contributed by atoms with Crippen molar-refractivity contribution in [2.75, 3.05) is 44.7 Å². The molecule has 1 amide bonds. The number of rotatable bonds is 4. The molecule has 1 saturated heterocycles. The fraction of sp³-hybridized carbons (Fsp3) is 0.632. The van der Waals surface area contributed by atoms with Crippen LogP contribution in [0.15, 0.2) is 24.3 Å². The summed E-state index contributed by atoms with van der Waals surface area (Å²) in [5, 5.41) is 9.98. The van der Waals surface area contributed by atoms with Crippen LogP contribution < -0.4 is 4.90 Å². The summed E-state index contributed by atoms with van der Waals surface area (Å²) >= 11 is 0. The highest BCUT2D eigenvalue weighted by molar-refractivity contribution is 5.78. The molecule has 2 fully saturated rings. The Labute approximate surface area is 144 Å². The summed E-state index contributed by atoms with van der Waals surface area (Å²) in [5.74, 6) is 0.581. The second kappa shape index (κ2) is 7.88. The number of hydrogen-bond acceptors (Lipinski definition) is 4. The van der Waals surface area contributed by atoms with Crippen LogP contribution in [-0.4, -0.2) is 66.6 Å². The van der Waals surface area contributed by atoms with E-state index in [0.29, 0.717) is 18.3 Å². The predicted octanol–water partition coefficient (Wildman–Crippen LogP) is 2.31. The molecule has 24 heavy (non-hydrogen) atoms. The fourth-order valence-electron chi connectivity index (χ4n) is 3.85. The molecule has 0 aromatic heterocycles. The molecule has 1 aromatic rings. The number of benzene rings is 1. The third kappa shape index (κ3) is 4.01. The monoisotopic (exact) mass is 331 g/mol. The van der Waals surface area contributed by atoms with Crippen molar-refractivity contribution < 1.29 is 9.90 Å². The van der Waals surface area contributed by atoms with Gasteiger partial charge in [-0.25, -0.2) is 0 Å². The van der Waals surface area contributed by atoms with Crippen molar-refractivity contribution in [1.82, 2.24) is 9.80 Å². The number of hydrogen-bond donors (Lipinski definition) is 1. The van der Waals surface area contributed by atoms with Crippen molar-refractivity contribution in [3.05, 3.63) is 24.3 Å². The number of anilines is 1. The zero-order valence-corrected chi connectivity index (χ0v) is 14.7. The minimum atomic E-state index is 0.248. The van der Waals surface area contributed by atoms with Crippen LogP contribution in [0.2, 0.25) is 0 Å². The Hall–Kier alpha value is -1.75. The van der Waals surface area contributed by atoms with E-state index in [1.807, 2.05) is 30.1 Å². The number of amides is 1. The van der Waals surface area contributed by atoms with Gasteiger partial charge in [0.1, 0.15) is 5.75 Å². The standard InChI is InChI=1S/C19H29N3O2/c1-20(16-7-3-2-4-8-16)19(24)15-21-11-13-22(14-12-21)17-9-5-6-10-18(17)23/h5-6,9-10,16,23H,2-4,7-8,11-15H2,1H3. The molecule has 5 nitrogen and oxygen atoms in total. The maximum Gasteiger partial charge on any atom is 0.236 e. The SMILES string of the molecule is CN(C(=O)CN1CCN(c2ccccc2O)CC1)C1CCCCC1. The van der Waals surface area contributed by atoms with Gasteiger partial charge in [-0.05, 0) is 25.0 Å². The zero-order valence-electron chi connectivity index (χ0n) is 14.7. The van der Waals surface area contributed by atoms with Crippen molar-refractivity contribution in [1.29, 1.82) is 0 Å². The van der Waals surface area contributed by atoms with Crippen LogP contribution in [0.3, 0.4) is 0 Å². The molecule has 5 heteroatoms. The van der Waals surface area contributed by atoms with Crippen molar-refractivity contribution in [2.45, 2.75) is 38.1 Å². The molecule has 1 aliphatic carbocycles. The summed E-state index contributed by atoms with van der Waals surface area (Å²) in [5.41, 5.74) is 0.891. The Balaban J connectivity index is 1.48. The van der Waals surface area contributed by atoms with Crippen LogP contribution in [0.4, 0.5) is 5.69 Å². The molecule has 3 rings (SSSR count). The number of aromatic hydroxyl groups is 1. The van der Waals surface area contributed by atoms with Crippen molar-refractivity contribution >= 4 is 11.6 Å². The third-order valence-corrected chi connectivity index (χ3v) is 5.47. The smallest absolute Gasteiger partial charge is 0.236 e. The first kappa shape index (κ1) is 17.1. The number of likely N-dealkylation sites (N-methyl/N-ethyl adjacent to an activating group) is 1. The molecular formula is C19H29N3O2. The van der Waals surface area contributed by atoms with Crippen molar-refractivity contribution in [2.24, 2.45) is 0 Å². The molecule has 0 radical (unpaired) electrons. The second-order valence-corrected chi connectivity index (χ2v) is 7.05. The highest BCUT2D eigenvalue weighted by Gasteiger charge is 2.25. The van der Waals surface area contributed by atoms with Crippen LogP contribution in [0.5, 0.6) is 5.75 Å². The molecule has 0 unspecified atom stereocenters. The average Bonchev–Trinajstić information content (AvgIpc) is 2.63. The number of carbonyl (C=O) groups is 1. The van der Waals surface area contributed by atoms with Gasteiger partial charge in [-0.1, -0.05) is 31.4 Å². The third-order valence-electron chi connectivity index (χ3n) is 5.47. The van der Waals surface area contributed by atoms with Gasteiger partial charge in [0.05, 0.1) is 12.2 Å². The normalized spacial score (nSPS) is 20.1. The van der Waals surface area contributed by atoms with E-state index >= 15 is 0 Å². The van der Waals surface area contributed by atoms with E-state index in [2.05, 4.69) is 9.80 Å². The molecule has 132 valence electrons. The lowest BCUT2D eigenvalue weighted by Crippen LogP contribution is -2.51. The summed E-state index contributed by atoms with van der Waals surface area (Å²) in [6.07, 6.45) is 6.13. The lowest BCUT2D eigenvalue weighted by molar-refractivity contribution is -0.133. The van der Waals surface area contributed by atoms with E-state index in [1.54, 1.807) is 6.07 Å². The highest BCUT2D eigenvalue weighted by atomic mass is 16.3. The average molecular weight is 331 g/mol. The Morgan fingerprint density at radius 3 is 2.46 bits per heavy atom. The molecule has 1 saturated carbocycles. The van der Waals surface area contributed by atoms with E-state index < -0.39 is 0 Å². The van der Waals surface area contributed by atoms with Crippen LogP contribution >= 0.6 is 0 Å². The lowest BCUT2D eigenvalue weighted by Gasteiger charge is -2.37. The van der Waals surface area contributed by atoms with Gasteiger partial charge >= 0.3 is 0 Å². The van der Waals surface area contributed by atoms with Crippen molar-refractivity contribution in [3.8, 4) is 5.75 Å². The van der Waals surface area contributed by atoms with Crippen LogP contribution in [0.1, 0.15) is 32.1 Å². The molecule has 0 bridgehead atoms. The maximum absolute atomic E-state index is 12.5. The number of nitrogens with zero attached hydrogens (tertiary/aromatic N) is 3. The zero-order chi connectivity index (χ0) is 16.9. The maximum atomic E-state index is 12.5. The Bertz CT molecular complexity index is 549. The van der Waals surface area contributed by atoms with Gasteiger partial charge in [0.2, 0.25) is 5.91 Å². The number of phenolic OH excluding ortho intramolecular Hbond substituents is 1. The van der Waals surface area contributed by atoms with Crippen LogP contribution in [0, 0.1) is 0 Å². The van der Waals surface area contributed by atoms with E-state index in [4.69, 9.17) is 0 Å². The van der Waals surface area contributed by atoms with Gasteiger partial charge in [0.15, 0.2) is 0 Å². The lowest BCUT2D eigenvalue weighted by atomic mass is 9.94. The molecule has 1 aromatic carbocycles. The molecular weight excluding hydrogens is 302 g/mol. The van der Waals surface area contributed by atoms with Gasteiger partial charge in [0.25, 0.3) is 0 Å². The van der Waals surface area contributed by atoms with Gasteiger partial charge in [0, 0.05) is 39.3 Å². The quantitative estimate of drug-likeness (QED) is 0.920. The number of para-hydroxylation sites is 2. The summed E-state index contributed by atoms with van der Waals surface area (Å²) < 4.78 is 0. The van der Waals surface area contributed by atoms with Crippen molar-refractivity contribution in [3.63, 3.8) is 0 Å². The minimum absolute atomic E-state index is 0.248. The first-order chi connectivity index (χ1) is 11.6. The van der Waals surface area contributed by atoms with Crippen LogP contribution in [-0.2, 0) is 4.79 Å². The summed E-state index contributed by atoms with van der Waals surface area (Å²) in [6.45, 7) is 3.93.